The Balaban J connectivity index is 1.90. The van der Waals surface area contributed by atoms with Crippen LogP contribution in [0.5, 0.6) is 5.75 Å². The molecule has 0 saturated heterocycles. The van der Waals surface area contributed by atoms with Gasteiger partial charge in [0, 0.05) is 5.69 Å². The number of hydrogen-bond acceptors (Lipinski definition) is 5. The number of benzene rings is 2. The molecule has 0 saturated carbocycles. The van der Waals surface area contributed by atoms with E-state index in [2.05, 4.69) is 10.6 Å². The Morgan fingerprint density at radius 1 is 1.07 bits per heavy atom. The van der Waals surface area contributed by atoms with Gasteiger partial charge in [-0.05, 0) is 35.7 Å². The molecule has 0 aliphatic rings. The van der Waals surface area contributed by atoms with Crippen molar-refractivity contribution in [3.8, 4) is 11.8 Å². The molecule has 7 heteroatoms. The molecule has 0 fully saturated rings. The van der Waals surface area contributed by atoms with Crippen LogP contribution < -0.4 is 15.4 Å². The second-order valence-electron chi connectivity index (χ2n) is 6.39. The molecule has 0 spiro atoms. The molecule has 0 aromatic heterocycles. The second kappa shape index (κ2) is 10.6. The number of amides is 2. The molecule has 2 aromatic carbocycles. The first-order valence-electron chi connectivity index (χ1n) is 8.87. The highest BCUT2D eigenvalue weighted by Gasteiger charge is 2.25. The van der Waals surface area contributed by atoms with Crippen LogP contribution in [0.4, 0.5) is 10.5 Å². The van der Waals surface area contributed by atoms with Crippen molar-refractivity contribution in [3.05, 3.63) is 60.2 Å². The molecular weight excluding hydrogens is 358 g/mol. The number of rotatable bonds is 8. The number of hydrogen-bond donors (Lipinski definition) is 2. The zero-order chi connectivity index (χ0) is 20.4. The van der Waals surface area contributed by atoms with Gasteiger partial charge in [-0.15, -0.1) is 0 Å². The van der Waals surface area contributed by atoms with E-state index in [0.29, 0.717) is 11.4 Å². The molecule has 28 heavy (non-hydrogen) atoms. The second-order valence-corrected chi connectivity index (χ2v) is 6.39. The van der Waals surface area contributed by atoms with Crippen molar-refractivity contribution in [2.24, 2.45) is 5.92 Å². The van der Waals surface area contributed by atoms with Crippen molar-refractivity contribution in [1.29, 1.82) is 5.26 Å². The summed E-state index contributed by atoms with van der Waals surface area (Å²) in [6, 6.07) is 17.1. The largest absolute Gasteiger partial charge is 0.479 e. The molecule has 146 valence electrons. The Morgan fingerprint density at radius 2 is 1.75 bits per heavy atom. The highest BCUT2D eigenvalue weighted by atomic mass is 16.5. The molecule has 2 amide bonds. The van der Waals surface area contributed by atoms with Crippen LogP contribution in [0.15, 0.2) is 54.6 Å². The monoisotopic (exact) mass is 381 g/mol. The fourth-order valence-corrected chi connectivity index (χ4v) is 2.40. The summed E-state index contributed by atoms with van der Waals surface area (Å²) in [6.45, 7) is 3.75. The smallest absolute Gasteiger partial charge is 0.408 e. The molecule has 2 aromatic rings. The van der Waals surface area contributed by atoms with Gasteiger partial charge in [-0.25, -0.2) is 4.79 Å². The summed E-state index contributed by atoms with van der Waals surface area (Å²) in [7, 11) is 0. The van der Waals surface area contributed by atoms with E-state index >= 15 is 0 Å². The first-order valence-corrected chi connectivity index (χ1v) is 8.87. The predicted molar refractivity (Wildman–Crippen MR) is 105 cm³/mol. The van der Waals surface area contributed by atoms with E-state index in [4.69, 9.17) is 14.7 Å². The third kappa shape index (κ3) is 6.65. The average Bonchev–Trinajstić information content (AvgIpc) is 2.70. The Bertz CT molecular complexity index is 814. The Kier molecular flexibility index (Phi) is 7.85. The first kappa shape index (κ1) is 20.8. The molecular formula is C21H23N3O4. The minimum atomic E-state index is -0.752. The summed E-state index contributed by atoms with van der Waals surface area (Å²) in [6.07, 6.45) is -0.655. The van der Waals surface area contributed by atoms with E-state index in [1.807, 2.05) is 50.2 Å². The third-order valence-corrected chi connectivity index (χ3v) is 3.86. The van der Waals surface area contributed by atoms with Crippen molar-refractivity contribution in [1.82, 2.24) is 5.32 Å². The number of anilines is 1. The number of carbonyl (C=O) groups excluding carboxylic acids is 2. The Labute approximate surface area is 164 Å². The fraction of sp³-hybridized carbons (Fsp3) is 0.286. The van der Waals surface area contributed by atoms with Gasteiger partial charge in [0.1, 0.15) is 24.5 Å². The number of carbonyl (C=O) groups is 2. The quantitative estimate of drug-likeness (QED) is 0.729. The van der Waals surface area contributed by atoms with Crippen LogP contribution in [0.25, 0.3) is 0 Å². The first-order chi connectivity index (χ1) is 13.5. The van der Waals surface area contributed by atoms with Crippen LogP contribution in [0, 0.1) is 17.2 Å². The number of nitrogens with one attached hydrogen (secondary N) is 2. The van der Waals surface area contributed by atoms with Crippen LogP contribution >= 0.6 is 0 Å². The SMILES string of the molecule is CC(C)C(NC(=O)OCc1ccccc1)C(=O)Nc1ccc(OCC#N)cc1. The summed E-state index contributed by atoms with van der Waals surface area (Å²) in [5.41, 5.74) is 1.42. The zero-order valence-corrected chi connectivity index (χ0v) is 15.8. The van der Waals surface area contributed by atoms with Crippen molar-refractivity contribution >= 4 is 17.7 Å². The van der Waals surface area contributed by atoms with Crippen LogP contribution in [-0.2, 0) is 16.1 Å². The van der Waals surface area contributed by atoms with Gasteiger partial charge >= 0.3 is 6.09 Å². The number of nitriles is 1. The van der Waals surface area contributed by atoms with Gasteiger partial charge in [-0.3, -0.25) is 4.79 Å². The molecule has 0 aliphatic carbocycles. The van der Waals surface area contributed by atoms with Gasteiger partial charge < -0.3 is 20.1 Å². The lowest BCUT2D eigenvalue weighted by Gasteiger charge is -2.21. The number of nitrogens with zero attached hydrogens (tertiary/aromatic N) is 1. The maximum absolute atomic E-state index is 12.6. The minimum absolute atomic E-state index is 0.0455. The van der Waals surface area contributed by atoms with Crippen LogP contribution in [0.1, 0.15) is 19.4 Å². The topological polar surface area (TPSA) is 100 Å². The highest BCUT2D eigenvalue weighted by molar-refractivity contribution is 5.96. The van der Waals surface area contributed by atoms with Crippen molar-refractivity contribution in [2.75, 3.05) is 11.9 Å². The lowest BCUT2D eigenvalue weighted by atomic mass is 10.0. The highest BCUT2D eigenvalue weighted by Crippen LogP contribution is 2.16. The minimum Gasteiger partial charge on any atom is -0.479 e. The third-order valence-electron chi connectivity index (χ3n) is 3.86. The van der Waals surface area contributed by atoms with E-state index in [9.17, 15) is 9.59 Å². The Hall–Kier alpha value is -3.53. The summed E-state index contributed by atoms with van der Waals surface area (Å²) in [4.78, 5) is 24.6. The Morgan fingerprint density at radius 3 is 2.36 bits per heavy atom. The van der Waals surface area contributed by atoms with E-state index in [1.54, 1.807) is 24.3 Å². The number of ether oxygens (including phenoxy) is 2. The zero-order valence-electron chi connectivity index (χ0n) is 15.8. The lowest BCUT2D eigenvalue weighted by Crippen LogP contribution is -2.47. The normalized spacial score (nSPS) is 11.2. The molecule has 0 radical (unpaired) electrons. The van der Waals surface area contributed by atoms with E-state index in [0.717, 1.165) is 5.56 Å². The van der Waals surface area contributed by atoms with Crippen molar-refractivity contribution in [2.45, 2.75) is 26.5 Å². The fourth-order valence-electron chi connectivity index (χ4n) is 2.40. The summed E-state index contributed by atoms with van der Waals surface area (Å²) < 4.78 is 10.4. The summed E-state index contributed by atoms with van der Waals surface area (Å²) in [5, 5.41) is 13.9. The predicted octanol–water partition coefficient (Wildman–Crippen LogP) is 3.48. The van der Waals surface area contributed by atoms with E-state index in [1.165, 1.54) is 0 Å². The molecule has 1 unspecified atom stereocenters. The summed E-state index contributed by atoms with van der Waals surface area (Å²) >= 11 is 0. The van der Waals surface area contributed by atoms with E-state index < -0.39 is 12.1 Å². The average molecular weight is 381 g/mol. The molecule has 0 bridgehead atoms. The standard InChI is InChI=1S/C21H23N3O4/c1-15(2)19(24-21(26)28-14-16-6-4-3-5-7-16)20(25)23-17-8-10-18(11-9-17)27-13-12-22/h3-11,15,19H,13-14H2,1-2H3,(H,23,25)(H,24,26). The van der Waals surface area contributed by atoms with E-state index in [-0.39, 0.29) is 25.0 Å². The van der Waals surface area contributed by atoms with Crippen LogP contribution in [0.2, 0.25) is 0 Å². The molecule has 1 atom stereocenters. The molecule has 2 N–H and O–H groups in total. The van der Waals surface area contributed by atoms with Gasteiger partial charge in [0.05, 0.1) is 0 Å². The molecule has 0 heterocycles. The maximum atomic E-state index is 12.6. The van der Waals surface area contributed by atoms with Crippen molar-refractivity contribution in [3.63, 3.8) is 0 Å². The summed E-state index contributed by atoms with van der Waals surface area (Å²) in [5.74, 6) is 0.0439. The molecule has 7 nitrogen and oxygen atoms in total. The molecule has 2 rings (SSSR count). The van der Waals surface area contributed by atoms with Gasteiger partial charge in [-0.1, -0.05) is 44.2 Å². The van der Waals surface area contributed by atoms with Crippen LogP contribution in [0.3, 0.4) is 0 Å². The maximum Gasteiger partial charge on any atom is 0.408 e. The number of alkyl carbamates (subject to hydrolysis) is 1. The lowest BCUT2D eigenvalue weighted by molar-refractivity contribution is -0.119. The van der Waals surface area contributed by atoms with Crippen LogP contribution in [-0.4, -0.2) is 24.6 Å². The van der Waals surface area contributed by atoms with Gasteiger partial charge in [0.15, 0.2) is 6.61 Å². The van der Waals surface area contributed by atoms with Gasteiger partial charge in [0.25, 0.3) is 0 Å². The van der Waals surface area contributed by atoms with Gasteiger partial charge in [-0.2, -0.15) is 5.26 Å². The molecule has 0 aliphatic heterocycles. The van der Waals surface area contributed by atoms with Crippen molar-refractivity contribution < 1.29 is 19.1 Å². The van der Waals surface area contributed by atoms with Gasteiger partial charge in [0.2, 0.25) is 5.91 Å².